The third-order valence-electron chi connectivity index (χ3n) is 4.43. The van der Waals surface area contributed by atoms with Gasteiger partial charge in [-0.2, -0.15) is 5.10 Å². The molecular formula is C19H19N5O. The predicted molar refractivity (Wildman–Crippen MR) is 95.0 cm³/mol. The van der Waals surface area contributed by atoms with Gasteiger partial charge in [-0.3, -0.25) is 19.8 Å². The van der Waals surface area contributed by atoms with Crippen LogP contribution in [-0.2, 0) is 19.5 Å². The Labute approximate surface area is 145 Å². The Morgan fingerprint density at radius 1 is 1.16 bits per heavy atom. The lowest BCUT2D eigenvalue weighted by Crippen LogP contribution is -2.20. The number of fused-ring (bicyclic) bond motifs is 1. The molecule has 2 aromatic heterocycles. The van der Waals surface area contributed by atoms with Crippen LogP contribution in [0.1, 0.15) is 27.2 Å². The van der Waals surface area contributed by atoms with Crippen LogP contribution in [-0.4, -0.2) is 32.5 Å². The maximum atomic E-state index is 12.3. The lowest BCUT2D eigenvalue weighted by Gasteiger charge is -2.15. The molecular weight excluding hydrogens is 314 g/mol. The van der Waals surface area contributed by atoms with Gasteiger partial charge in [0.15, 0.2) is 5.82 Å². The number of aromatic amines is 1. The van der Waals surface area contributed by atoms with Gasteiger partial charge in [0.2, 0.25) is 0 Å². The molecule has 0 aliphatic carbocycles. The van der Waals surface area contributed by atoms with Gasteiger partial charge >= 0.3 is 0 Å². The molecule has 1 aliphatic rings. The number of nitrogens with zero attached hydrogens (tertiary/aromatic N) is 3. The van der Waals surface area contributed by atoms with Crippen LogP contribution >= 0.6 is 0 Å². The average Bonchev–Trinajstić information content (AvgIpc) is 3.23. The molecule has 0 fully saturated rings. The Kier molecular flexibility index (Phi) is 4.26. The van der Waals surface area contributed by atoms with E-state index in [2.05, 4.69) is 49.7 Å². The Morgan fingerprint density at radius 2 is 2.04 bits per heavy atom. The van der Waals surface area contributed by atoms with E-state index >= 15 is 0 Å². The van der Waals surface area contributed by atoms with Crippen molar-refractivity contribution < 1.29 is 4.79 Å². The molecule has 0 atom stereocenters. The number of anilines is 1. The summed E-state index contributed by atoms with van der Waals surface area (Å²) in [6.45, 7) is 2.60. The third-order valence-corrected chi connectivity index (χ3v) is 4.43. The molecule has 4 rings (SSSR count). The van der Waals surface area contributed by atoms with Gasteiger partial charge in [0, 0.05) is 37.6 Å². The van der Waals surface area contributed by atoms with Gasteiger partial charge in [-0.25, -0.2) is 0 Å². The van der Waals surface area contributed by atoms with Crippen molar-refractivity contribution in [3.8, 4) is 0 Å². The van der Waals surface area contributed by atoms with E-state index in [1.807, 2.05) is 6.07 Å². The van der Waals surface area contributed by atoms with Gasteiger partial charge in [-0.1, -0.05) is 30.3 Å². The molecule has 1 aromatic carbocycles. The molecule has 126 valence electrons. The Morgan fingerprint density at radius 3 is 2.84 bits per heavy atom. The zero-order valence-corrected chi connectivity index (χ0v) is 13.8. The largest absolute Gasteiger partial charge is 0.305 e. The predicted octanol–water partition coefficient (Wildman–Crippen LogP) is 2.62. The number of aromatic nitrogens is 3. The van der Waals surface area contributed by atoms with Crippen molar-refractivity contribution in [2.24, 2.45) is 0 Å². The molecule has 0 bridgehead atoms. The van der Waals surface area contributed by atoms with Crippen molar-refractivity contribution >= 4 is 11.7 Å². The maximum Gasteiger partial charge on any atom is 0.258 e. The molecule has 0 radical (unpaired) electrons. The normalized spacial score (nSPS) is 13.6. The van der Waals surface area contributed by atoms with E-state index in [0.29, 0.717) is 11.4 Å². The highest BCUT2D eigenvalue weighted by atomic mass is 16.1. The van der Waals surface area contributed by atoms with Crippen molar-refractivity contribution in [2.45, 2.75) is 19.5 Å². The first-order valence-corrected chi connectivity index (χ1v) is 8.33. The van der Waals surface area contributed by atoms with Gasteiger partial charge in [-0.15, -0.1) is 0 Å². The zero-order chi connectivity index (χ0) is 17.1. The van der Waals surface area contributed by atoms with Crippen LogP contribution < -0.4 is 5.32 Å². The van der Waals surface area contributed by atoms with E-state index in [-0.39, 0.29) is 5.91 Å². The first-order valence-electron chi connectivity index (χ1n) is 8.33. The summed E-state index contributed by atoms with van der Waals surface area (Å²) in [5.41, 5.74) is 4.01. The van der Waals surface area contributed by atoms with Crippen LogP contribution in [0.3, 0.4) is 0 Å². The average molecular weight is 333 g/mol. The number of pyridine rings is 1. The number of benzene rings is 1. The van der Waals surface area contributed by atoms with Gasteiger partial charge in [0.1, 0.15) is 0 Å². The maximum absolute atomic E-state index is 12.3. The quantitative estimate of drug-likeness (QED) is 0.753. The number of rotatable bonds is 5. The fourth-order valence-electron chi connectivity index (χ4n) is 3.08. The first kappa shape index (κ1) is 15.5. The van der Waals surface area contributed by atoms with Crippen LogP contribution in [0.4, 0.5) is 5.82 Å². The minimum Gasteiger partial charge on any atom is -0.305 e. The Hall–Kier alpha value is -2.99. The van der Waals surface area contributed by atoms with E-state index in [1.165, 1.54) is 5.56 Å². The van der Waals surface area contributed by atoms with Gasteiger partial charge in [0.05, 0.1) is 11.3 Å². The lowest BCUT2D eigenvalue weighted by atomic mass is 10.1. The van der Waals surface area contributed by atoms with Gasteiger partial charge in [-0.05, 0) is 24.1 Å². The van der Waals surface area contributed by atoms with Crippen molar-refractivity contribution in [3.63, 3.8) is 0 Å². The summed E-state index contributed by atoms with van der Waals surface area (Å²) in [4.78, 5) is 18.6. The number of H-pyrrole nitrogens is 1. The first-order chi connectivity index (χ1) is 12.3. The lowest BCUT2D eigenvalue weighted by molar-refractivity contribution is 0.102. The molecule has 2 N–H and O–H groups in total. The summed E-state index contributed by atoms with van der Waals surface area (Å²) in [5.74, 6) is 0.427. The van der Waals surface area contributed by atoms with Crippen LogP contribution in [0, 0.1) is 0 Å². The van der Waals surface area contributed by atoms with E-state index in [1.54, 1.807) is 24.5 Å². The number of amides is 1. The number of nitrogens with one attached hydrogen (secondary N) is 2. The van der Waals surface area contributed by atoms with E-state index in [0.717, 1.165) is 37.3 Å². The molecule has 0 spiro atoms. The molecule has 0 saturated carbocycles. The molecule has 6 heteroatoms. The van der Waals surface area contributed by atoms with E-state index < -0.39 is 0 Å². The highest BCUT2D eigenvalue weighted by molar-refractivity contribution is 6.03. The Bertz CT molecular complexity index is 860. The second-order valence-corrected chi connectivity index (χ2v) is 6.17. The number of hydrogen-bond acceptors (Lipinski definition) is 4. The third kappa shape index (κ3) is 3.44. The topological polar surface area (TPSA) is 73.9 Å². The number of carbonyl (C=O) groups excluding carboxylic acids is 1. The van der Waals surface area contributed by atoms with Crippen LogP contribution in [0.15, 0.2) is 54.9 Å². The van der Waals surface area contributed by atoms with E-state index in [9.17, 15) is 4.79 Å². The molecule has 0 saturated heterocycles. The van der Waals surface area contributed by atoms with Crippen molar-refractivity contribution in [1.82, 2.24) is 20.1 Å². The number of hydrogen-bond donors (Lipinski definition) is 2. The summed E-state index contributed by atoms with van der Waals surface area (Å²) >= 11 is 0. The standard InChI is InChI=1S/C19H19N5O/c25-19(15-7-4-9-20-11-15)21-18-16-12-24(13-17(16)22-23-18)10-8-14-5-2-1-3-6-14/h1-7,9,11H,8,10,12-13H2,(H2,21,22,23,25). The molecule has 1 aliphatic heterocycles. The zero-order valence-electron chi connectivity index (χ0n) is 13.8. The summed E-state index contributed by atoms with van der Waals surface area (Å²) in [6.07, 6.45) is 4.21. The van der Waals surface area contributed by atoms with Crippen molar-refractivity contribution in [3.05, 3.63) is 77.2 Å². The highest BCUT2D eigenvalue weighted by Crippen LogP contribution is 2.27. The smallest absolute Gasteiger partial charge is 0.258 e. The SMILES string of the molecule is O=C(Nc1n[nH]c2c1CN(CCc1ccccc1)C2)c1cccnc1. The van der Waals surface area contributed by atoms with Gasteiger partial charge < -0.3 is 5.32 Å². The van der Waals surface area contributed by atoms with Crippen LogP contribution in [0.2, 0.25) is 0 Å². The fraction of sp³-hybridized carbons (Fsp3) is 0.211. The van der Waals surface area contributed by atoms with Crippen molar-refractivity contribution in [2.75, 3.05) is 11.9 Å². The van der Waals surface area contributed by atoms with E-state index in [4.69, 9.17) is 0 Å². The molecule has 3 heterocycles. The van der Waals surface area contributed by atoms with Crippen LogP contribution in [0.5, 0.6) is 0 Å². The summed E-state index contributed by atoms with van der Waals surface area (Å²) < 4.78 is 0. The summed E-state index contributed by atoms with van der Waals surface area (Å²) in [6, 6.07) is 14.0. The molecule has 0 unspecified atom stereocenters. The Balaban J connectivity index is 1.39. The summed E-state index contributed by atoms with van der Waals surface area (Å²) in [5, 5.41) is 10.2. The number of carbonyl (C=O) groups is 1. The highest BCUT2D eigenvalue weighted by Gasteiger charge is 2.25. The second-order valence-electron chi connectivity index (χ2n) is 6.17. The second kappa shape index (κ2) is 6.86. The van der Waals surface area contributed by atoms with Crippen molar-refractivity contribution in [1.29, 1.82) is 0 Å². The summed E-state index contributed by atoms with van der Waals surface area (Å²) in [7, 11) is 0. The van der Waals surface area contributed by atoms with Crippen LogP contribution in [0.25, 0.3) is 0 Å². The molecule has 25 heavy (non-hydrogen) atoms. The minimum absolute atomic E-state index is 0.190. The molecule has 1 amide bonds. The molecule has 6 nitrogen and oxygen atoms in total. The van der Waals surface area contributed by atoms with Gasteiger partial charge in [0.25, 0.3) is 5.91 Å². The monoisotopic (exact) mass is 333 g/mol. The minimum atomic E-state index is -0.190. The molecule has 3 aromatic rings. The fourth-order valence-corrected chi connectivity index (χ4v) is 3.08.